The molecule has 0 fully saturated rings. The second kappa shape index (κ2) is 10.9. The molecule has 0 radical (unpaired) electrons. The fraction of sp³-hybridized carbons (Fsp3) is 0.478. The first kappa shape index (κ1) is 20.3. The lowest BCUT2D eigenvalue weighted by Crippen LogP contribution is -2.11. The highest BCUT2D eigenvalue weighted by Crippen LogP contribution is 2.13. The molecule has 0 aromatic heterocycles. The number of aryl methyl sites for hydroxylation is 1. The van der Waals surface area contributed by atoms with Crippen LogP contribution in [0, 0.1) is 12.8 Å². The van der Waals surface area contributed by atoms with Crippen molar-refractivity contribution in [2.24, 2.45) is 5.92 Å². The number of unbranched alkanes of at least 4 members (excludes halogenated alkanes) is 1. The van der Waals surface area contributed by atoms with Crippen molar-refractivity contribution in [3.05, 3.63) is 71.1 Å². The Hall–Kier alpha value is -1.76. The highest BCUT2D eigenvalue weighted by atomic mass is 14.9. The zero-order chi connectivity index (χ0) is 17.9. The van der Waals surface area contributed by atoms with E-state index >= 15 is 0 Å². The number of nitrogens with one attached hydrogen (secondary N) is 1. The third-order valence-electron chi connectivity index (χ3n) is 4.09. The summed E-state index contributed by atoms with van der Waals surface area (Å²) in [5.41, 5.74) is 6.23. The standard InChI is InChI=1S/C23H35N/c1-18(2)10-7-8-11-19(3)14-15-21(5)24-22(6)17-23-13-9-12-20(4)16-23/h9,12-16,18,24H,6-8,10-11,17H2,1-5H3/b19-14+,21-15+. The van der Waals surface area contributed by atoms with Gasteiger partial charge in [0.1, 0.15) is 0 Å². The lowest BCUT2D eigenvalue weighted by atomic mass is 10.0. The van der Waals surface area contributed by atoms with E-state index in [0.29, 0.717) is 0 Å². The van der Waals surface area contributed by atoms with Crippen molar-refractivity contribution in [3.63, 3.8) is 0 Å². The minimum atomic E-state index is 0.819. The van der Waals surface area contributed by atoms with Gasteiger partial charge < -0.3 is 5.32 Å². The summed E-state index contributed by atoms with van der Waals surface area (Å²) in [5.74, 6) is 0.819. The van der Waals surface area contributed by atoms with Crippen LogP contribution in [-0.2, 0) is 6.42 Å². The molecular formula is C23H35N. The van der Waals surface area contributed by atoms with E-state index in [1.807, 2.05) is 0 Å². The third-order valence-corrected chi connectivity index (χ3v) is 4.09. The van der Waals surface area contributed by atoms with Gasteiger partial charge in [-0.1, -0.05) is 74.7 Å². The van der Waals surface area contributed by atoms with E-state index in [-0.39, 0.29) is 0 Å². The van der Waals surface area contributed by atoms with E-state index in [0.717, 1.165) is 23.7 Å². The topological polar surface area (TPSA) is 12.0 Å². The van der Waals surface area contributed by atoms with E-state index in [1.165, 1.54) is 42.4 Å². The van der Waals surface area contributed by atoms with E-state index in [9.17, 15) is 0 Å². The lowest BCUT2D eigenvalue weighted by Gasteiger charge is -2.10. The van der Waals surface area contributed by atoms with E-state index < -0.39 is 0 Å². The molecule has 0 aliphatic carbocycles. The summed E-state index contributed by atoms with van der Waals surface area (Å²) in [6, 6.07) is 8.60. The maximum atomic E-state index is 4.15. The molecule has 1 aromatic rings. The van der Waals surface area contributed by atoms with Crippen molar-refractivity contribution >= 4 is 0 Å². The van der Waals surface area contributed by atoms with Crippen LogP contribution in [0.4, 0.5) is 0 Å². The van der Waals surface area contributed by atoms with Crippen LogP contribution in [0.15, 0.2) is 60.0 Å². The molecule has 1 aromatic carbocycles. The summed E-state index contributed by atoms with van der Waals surface area (Å²) in [6.45, 7) is 15.2. The molecule has 1 N–H and O–H groups in total. The van der Waals surface area contributed by atoms with Gasteiger partial charge in [0.2, 0.25) is 0 Å². The molecule has 24 heavy (non-hydrogen) atoms. The van der Waals surface area contributed by atoms with Crippen LogP contribution in [-0.4, -0.2) is 0 Å². The Bertz CT molecular complexity index is 575. The maximum absolute atomic E-state index is 4.15. The van der Waals surface area contributed by atoms with Gasteiger partial charge in [-0.3, -0.25) is 0 Å². The van der Waals surface area contributed by atoms with E-state index in [4.69, 9.17) is 0 Å². The van der Waals surface area contributed by atoms with Gasteiger partial charge in [-0.2, -0.15) is 0 Å². The van der Waals surface area contributed by atoms with Crippen LogP contribution < -0.4 is 5.32 Å². The van der Waals surface area contributed by atoms with Gasteiger partial charge in [-0.25, -0.2) is 0 Å². The average molecular weight is 326 g/mol. The van der Waals surface area contributed by atoms with Crippen molar-refractivity contribution in [3.8, 4) is 0 Å². The zero-order valence-electron chi connectivity index (χ0n) is 16.3. The second-order valence-corrected chi connectivity index (χ2v) is 7.40. The van der Waals surface area contributed by atoms with Gasteiger partial charge in [0.05, 0.1) is 0 Å². The zero-order valence-corrected chi connectivity index (χ0v) is 16.3. The Labute approximate surface area is 149 Å². The molecular weight excluding hydrogens is 290 g/mol. The van der Waals surface area contributed by atoms with Crippen LogP contribution in [0.5, 0.6) is 0 Å². The number of benzene rings is 1. The average Bonchev–Trinajstić information content (AvgIpc) is 2.49. The largest absolute Gasteiger partial charge is 0.363 e. The Balaban J connectivity index is 2.39. The number of hydrogen-bond acceptors (Lipinski definition) is 1. The minimum absolute atomic E-state index is 0.819. The minimum Gasteiger partial charge on any atom is -0.363 e. The smallest absolute Gasteiger partial charge is 0.0120 e. The highest BCUT2D eigenvalue weighted by molar-refractivity contribution is 5.27. The molecule has 132 valence electrons. The quantitative estimate of drug-likeness (QED) is 0.372. The Morgan fingerprint density at radius 2 is 1.92 bits per heavy atom. The summed E-state index contributed by atoms with van der Waals surface area (Å²) in [6.07, 6.45) is 10.4. The van der Waals surface area contributed by atoms with Gasteiger partial charge in [0.25, 0.3) is 0 Å². The molecule has 0 bridgehead atoms. The Morgan fingerprint density at radius 3 is 2.58 bits per heavy atom. The monoisotopic (exact) mass is 325 g/mol. The fourth-order valence-electron chi connectivity index (χ4n) is 2.74. The second-order valence-electron chi connectivity index (χ2n) is 7.40. The van der Waals surface area contributed by atoms with E-state index in [1.54, 1.807) is 0 Å². The van der Waals surface area contributed by atoms with Crippen LogP contribution >= 0.6 is 0 Å². The van der Waals surface area contributed by atoms with Gasteiger partial charge in [0, 0.05) is 17.8 Å². The normalized spacial score (nSPS) is 12.6. The van der Waals surface area contributed by atoms with Gasteiger partial charge >= 0.3 is 0 Å². The Morgan fingerprint density at radius 1 is 1.17 bits per heavy atom. The summed E-state index contributed by atoms with van der Waals surface area (Å²) >= 11 is 0. The van der Waals surface area contributed by atoms with Crippen LogP contribution in [0.1, 0.15) is 64.5 Å². The van der Waals surface area contributed by atoms with Crippen molar-refractivity contribution in [2.75, 3.05) is 0 Å². The molecule has 0 atom stereocenters. The molecule has 0 heterocycles. The predicted octanol–water partition coefficient (Wildman–Crippen LogP) is 6.71. The van der Waals surface area contributed by atoms with Gasteiger partial charge in [-0.05, 0) is 51.2 Å². The summed E-state index contributed by atoms with van der Waals surface area (Å²) in [5, 5.41) is 3.41. The van der Waals surface area contributed by atoms with Crippen LogP contribution in [0.3, 0.4) is 0 Å². The van der Waals surface area contributed by atoms with E-state index in [2.05, 4.69) is 82.9 Å². The summed E-state index contributed by atoms with van der Waals surface area (Å²) in [7, 11) is 0. The molecule has 0 aliphatic heterocycles. The summed E-state index contributed by atoms with van der Waals surface area (Å²) < 4.78 is 0. The maximum Gasteiger partial charge on any atom is 0.0120 e. The molecule has 0 saturated heterocycles. The molecule has 1 nitrogen and oxygen atoms in total. The molecule has 1 heteroatoms. The Kier molecular flexibility index (Phi) is 9.22. The molecule has 0 unspecified atom stereocenters. The van der Waals surface area contributed by atoms with Gasteiger partial charge in [-0.15, -0.1) is 0 Å². The van der Waals surface area contributed by atoms with Crippen molar-refractivity contribution in [1.29, 1.82) is 0 Å². The molecule has 0 amide bonds. The first-order valence-corrected chi connectivity index (χ1v) is 9.21. The third kappa shape index (κ3) is 9.39. The number of allylic oxidation sites excluding steroid dienone is 5. The van der Waals surface area contributed by atoms with Crippen LogP contribution in [0.25, 0.3) is 0 Å². The lowest BCUT2D eigenvalue weighted by molar-refractivity contribution is 0.537. The highest BCUT2D eigenvalue weighted by Gasteiger charge is 1.99. The van der Waals surface area contributed by atoms with Crippen molar-refractivity contribution < 1.29 is 0 Å². The SMILES string of the molecule is C=C(Cc1cccc(C)c1)N/C(C)=C/C=C(\C)CCCCC(C)C. The first-order valence-electron chi connectivity index (χ1n) is 9.21. The van der Waals surface area contributed by atoms with Crippen LogP contribution in [0.2, 0.25) is 0 Å². The molecule has 0 saturated carbocycles. The van der Waals surface area contributed by atoms with Gasteiger partial charge in [0.15, 0.2) is 0 Å². The molecule has 1 rings (SSSR count). The van der Waals surface area contributed by atoms with Crippen molar-refractivity contribution in [1.82, 2.24) is 5.32 Å². The number of rotatable bonds is 10. The number of hydrogen-bond donors (Lipinski definition) is 1. The molecule has 0 aliphatic rings. The fourth-order valence-corrected chi connectivity index (χ4v) is 2.74. The summed E-state index contributed by atoms with van der Waals surface area (Å²) in [4.78, 5) is 0. The van der Waals surface area contributed by atoms with Crippen molar-refractivity contribution in [2.45, 2.75) is 66.7 Å². The molecule has 0 spiro atoms. The predicted molar refractivity (Wildman–Crippen MR) is 108 cm³/mol. The first-order chi connectivity index (χ1) is 11.4.